The number of aromatic amines is 1. The number of rotatable bonds is 8. The fourth-order valence-electron chi connectivity index (χ4n) is 3.57. The van der Waals surface area contributed by atoms with Crippen LogP contribution < -0.4 is 11.1 Å². The van der Waals surface area contributed by atoms with Gasteiger partial charge in [-0.1, -0.05) is 12.1 Å². The van der Waals surface area contributed by atoms with Gasteiger partial charge in [-0.25, -0.2) is 9.78 Å². The number of aliphatic carboxylic acids is 1. The van der Waals surface area contributed by atoms with E-state index in [9.17, 15) is 24.6 Å². The Bertz CT molecular complexity index is 884. The van der Waals surface area contributed by atoms with Crippen LogP contribution in [0.15, 0.2) is 36.8 Å². The highest BCUT2D eigenvalue weighted by atomic mass is 16.4. The molecule has 0 aliphatic carbocycles. The van der Waals surface area contributed by atoms with Crippen molar-refractivity contribution in [2.45, 2.75) is 43.8 Å². The lowest BCUT2D eigenvalue weighted by molar-refractivity contribution is -0.144. The molecule has 0 spiro atoms. The Kier molecular flexibility index (Phi) is 6.68. The number of imidazole rings is 1. The summed E-state index contributed by atoms with van der Waals surface area (Å²) in [6.07, 6.45) is 4.33. The van der Waals surface area contributed by atoms with Crippen LogP contribution in [0.25, 0.3) is 0 Å². The van der Waals surface area contributed by atoms with Crippen molar-refractivity contribution in [1.82, 2.24) is 20.2 Å². The zero-order valence-electron chi connectivity index (χ0n) is 16.3. The van der Waals surface area contributed by atoms with Gasteiger partial charge >= 0.3 is 5.97 Å². The van der Waals surface area contributed by atoms with E-state index in [1.54, 1.807) is 12.1 Å². The molecule has 0 bridgehead atoms. The van der Waals surface area contributed by atoms with Gasteiger partial charge in [0.25, 0.3) is 0 Å². The highest BCUT2D eigenvalue weighted by molar-refractivity contribution is 5.92. The van der Waals surface area contributed by atoms with Gasteiger partial charge in [-0.2, -0.15) is 0 Å². The maximum Gasteiger partial charge on any atom is 0.326 e. The predicted molar refractivity (Wildman–Crippen MR) is 106 cm³/mol. The number of aromatic hydroxyl groups is 1. The van der Waals surface area contributed by atoms with Gasteiger partial charge in [0, 0.05) is 24.9 Å². The van der Waals surface area contributed by atoms with Gasteiger partial charge < -0.3 is 31.1 Å². The summed E-state index contributed by atoms with van der Waals surface area (Å²) in [5, 5.41) is 21.3. The summed E-state index contributed by atoms with van der Waals surface area (Å²) in [4.78, 5) is 45.2. The van der Waals surface area contributed by atoms with Crippen LogP contribution in [0.5, 0.6) is 5.75 Å². The molecule has 0 saturated carbocycles. The molecule has 160 valence electrons. The summed E-state index contributed by atoms with van der Waals surface area (Å²) in [7, 11) is 0. The number of phenolic OH excluding ortho intramolecular Hbond substituents is 1. The molecular formula is C20H25N5O5. The summed E-state index contributed by atoms with van der Waals surface area (Å²) in [5.41, 5.74) is 7.45. The van der Waals surface area contributed by atoms with Gasteiger partial charge in [-0.3, -0.25) is 9.59 Å². The Balaban J connectivity index is 1.62. The van der Waals surface area contributed by atoms with E-state index >= 15 is 0 Å². The molecule has 6 N–H and O–H groups in total. The van der Waals surface area contributed by atoms with Crippen LogP contribution in [-0.2, 0) is 27.2 Å². The first kappa shape index (κ1) is 21.3. The van der Waals surface area contributed by atoms with Crippen LogP contribution in [0.4, 0.5) is 0 Å². The third-order valence-corrected chi connectivity index (χ3v) is 5.14. The minimum absolute atomic E-state index is 0.0576. The fourth-order valence-corrected chi connectivity index (χ4v) is 3.57. The van der Waals surface area contributed by atoms with Crippen molar-refractivity contribution in [1.29, 1.82) is 0 Å². The Morgan fingerprint density at radius 1 is 1.27 bits per heavy atom. The number of nitrogens with one attached hydrogen (secondary N) is 2. The Morgan fingerprint density at radius 3 is 2.63 bits per heavy atom. The second-order valence-electron chi connectivity index (χ2n) is 7.35. The Morgan fingerprint density at radius 2 is 2.00 bits per heavy atom. The molecule has 10 heteroatoms. The fraction of sp³-hybridized carbons (Fsp3) is 0.400. The first-order chi connectivity index (χ1) is 14.3. The van der Waals surface area contributed by atoms with Crippen molar-refractivity contribution < 1.29 is 24.6 Å². The zero-order chi connectivity index (χ0) is 21.7. The molecule has 1 fully saturated rings. The quantitative estimate of drug-likeness (QED) is 0.398. The second-order valence-corrected chi connectivity index (χ2v) is 7.35. The number of carboxylic acids is 1. The lowest BCUT2D eigenvalue weighted by Crippen LogP contribution is -2.54. The van der Waals surface area contributed by atoms with Gasteiger partial charge in [0.05, 0.1) is 12.4 Å². The normalized spacial score (nSPS) is 18.0. The number of carbonyl (C=O) groups is 3. The smallest absolute Gasteiger partial charge is 0.326 e. The van der Waals surface area contributed by atoms with Crippen molar-refractivity contribution in [3.05, 3.63) is 48.0 Å². The lowest BCUT2D eigenvalue weighted by Gasteiger charge is -2.27. The van der Waals surface area contributed by atoms with Gasteiger partial charge in [0.15, 0.2) is 0 Å². The van der Waals surface area contributed by atoms with E-state index in [0.29, 0.717) is 25.1 Å². The van der Waals surface area contributed by atoms with Gasteiger partial charge in [-0.05, 0) is 37.0 Å². The minimum atomic E-state index is -1.17. The predicted octanol–water partition coefficient (Wildman–Crippen LogP) is -0.212. The third-order valence-electron chi connectivity index (χ3n) is 5.14. The number of aromatic nitrogens is 2. The van der Waals surface area contributed by atoms with Crippen LogP contribution in [0.3, 0.4) is 0 Å². The van der Waals surface area contributed by atoms with E-state index in [1.165, 1.54) is 29.6 Å². The molecule has 1 aliphatic heterocycles. The first-order valence-corrected chi connectivity index (χ1v) is 9.69. The summed E-state index contributed by atoms with van der Waals surface area (Å²) >= 11 is 0. The molecule has 0 radical (unpaired) electrons. The van der Waals surface area contributed by atoms with Crippen molar-refractivity contribution in [2.75, 3.05) is 6.54 Å². The summed E-state index contributed by atoms with van der Waals surface area (Å²) < 4.78 is 0. The molecule has 2 aromatic rings. The van der Waals surface area contributed by atoms with Crippen LogP contribution in [0.2, 0.25) is 0 Å². The number of amides is 2. The number of hydrogen-bond donors (Lipinski definition) is 5. The molecule has 1 aromatic heterocycles. The number of nitrogens with two attached hydrogens (primary N) is 1. The molecule has 1 saturated heterocycles. The van der Waals surface area contributed by atoms with Crippen molar-refractivity contribution in [2.24, 2.45) is 5.73 Å². The summed E-state index contributed by atoms with van der Waals surface area (Å²) in [6, 6.07) is 3.67. The topological polar surface area (TPSA) is 162 Å². The minimum Gasteiger partial charge on any atom is -0.508 e. The standard InChI is InChI=1S/C20H25N5O5/c21-15(8-12-3-5-14(26)6-4-12)19(28)25-7-1-2-17(25)18(27)24-16(20(29)30)9-13-10-22-11-23-13/h3-6,10-11,15-17,26H,1-2,7-9,21H2,(H,22,23)(H,24,27)(H,29,30). The second kappa shape index (κ2) is 9.40. The van der Waals surface area contributed by atoms with E-state index in [-0.39, 0.29) is 24.5 Å². The molecule has 1 aromatic carbocycles. The molecule has 3 unspecified atom stereocenters. The number of carbonyl (C=O) groups excluding carboxylic acids is 2. The maximum atomic E-state index is 12.8. The van der Waals surface area contributed by atoms with E-state index in [2.05, 4.69) is 15.3 Å². The number of hydrogen-bond acceptors (Lipinski definition) is 6. The average molecular weight is 415 g/mol. The zero-order valence-corrected chi connectivity index (χ0v) is 16.3. The highest BCUT2D eigenvalue weighted by Gasteiger charge is 2.37. The number of nitrogens with zero attached hydrogens (tertiary/aromatic N) is 2. The van der Waals surface area contributed by atoms with Crippen LogP contribution >= 0.6 is 0 Å². The lowest BCUT2D eigenvalue weighted by atomic mass is 10.0. The van der Waals surface area contributed by atoms with E-state index in [4.69, 9.17) is 5.73 Å². The largest absolute Gasteiger partial charge is 0.508 e. The molecular weight excluding hydrogens is 390 g/mol. The van der Waals surface area contributed by atoms with Gasteiger partial charge in [0.2, 0.25) is 11.8 Å². The first-order valence-electron chi connectivity index (χ1n) is 9.69. The SMILES string of the molecule is NC(Cc1ccc(O)cc1)C(=O)N1CCCC1C(=O)NC(Cc1cnc[nH]1)C(=O)O. The average Bonchev–Trinajstić information content (AvgIpc) is 3.40. The number of likely N-dealkylation sites (tertiary alicyclic amines) is 1. The van der Waals surface area contributed by atoms with E-state index in [0.717, 1.165) is 5.56 Å². The molecule has 1 aliphatic rings. The highest BCUT2D eigenvalue weighted by Crippen LogP contribution is 2.20. The molecule has 3 atom stereocenters. The number of H-pyrrole nitrogens is 1. The summed E-state index contributed by atoms with van der Waals surface area (Å²) in [6.45, 7) is 0.387. The van der Waals surface area contributed by atoms with Gasteiger partial charge in [0.1, 0.15) is 17.8 Å². The van der Waals surface area contributed by atoms with E-state index in [1.807, 2.05) is 0 Å². The van der Waals surface area contributed by atoms with Gasteiger partial charge in [-0.15, -0.1) is 0 Å². The molecule has 2 amide bonds. The Hall–Kier alpha value is -3.40. The number of phenols is 1. The van der Waals surface area contributed by atoms with Crippen molar-refractivity contribution in [3.8, 4) is 5.75 Å². The molecule has 30 heavy (non-hydrogen) atoms. The molecule has 3 rings (SSSR count). The van der Waals surface area contributed by atoms with E-state index < -0.39 is 30.0 Å². The molecule has 10 nitrogen and oxygen atoms in total. The van der Waals surface area contributed by atoms with Crippen molar-refractivity contribution in [3.63, 3.8) is 0 Å². The van der Waals surface area contributed by atoms with Crippen molar-refractivity contribution >= 4 is 17.8 Å². The Labute approximate surface area is 173 Å². The van der Waals surface area contributed by atoms with Crippen LogP contribution in [-0.4, -0.2) is 67.5 Å². The number of carboxylic acid groups (broad SMARTS) is 1. The molecule has 2 heterocycles. The maximum absolute atomic E-state index is 12.8. The summed E-state index contributed by atoms with van der Waals surface area (Å²) in [5.74, 6) is -1.92. The number of benzene rings is 1. The monoisotopic (exact) mass is 415 g/mol. The van der Waals surface area contributed by atoms with Crippen LogP contribution in [0.1, 0.15) is 24.1 Å². The third kappa shape index (κ3) is 5.15. The van der Waals surface area contributed by atoms with Crippen LogP contribution in [0, 0.1) is 0 Å².